The molecule has 0 fully saturated rings. The largest absolute Gasteiger partial charge is 0.401 e. The number of ketones is 1. The Morgan fingerprint density at radius 3 is 2.77 bits per heavy atom. The third kappa shape index (κ3) is 4.12. The van der Waals surface area contributed by atoms with Gasteiger partial charge in [-0.05, 0) is 26.0 Å². The van der Waals surface area contributed by atoms with Crippen LogP contribution in [0.2, 0.25) is 0 Å². The van der Waals surface area contributed by atoms with Crippen LogP contribution >= 0.6 is 11.8 Å². The first-order valence-corrected chi connectivity index (χ1v) is 8.91. The van der Waals surface area contributed by atoms with E-state index >= 15 is 0 Å². The molecular weight excluding hydrogens is 352 g/mol. The van der Waals surface area contributed by atoms with Gasteiger partial charge in [0.25, 0.3) is 5.56 Å². The minimum atomic E-state index is -0.397. The number of thioether (sulfide) groups is 1. The fourth-order valence-electron chi connectivity index (χ4n) is 2.50. The maximum Gasteiger partial charge on any atom is 0.262 e. The molecule has 0 saturated heterocycles. The Labute approximate surface area is 155 Å². The summed E-state index contributed by atoms with van der Waals surface area (Å²) in [4.78, 5) is 29.6. The molecule has 1 atom stereocenters. The molecule has 0 amide bonds. The second-order valence-electron chi connectivity index (χ2n) is 5.77. The SMILES string of the molecule is COCC(C)n1c(SCC(=O)C(C#N)=C(C)N)nc2ccccc2c1=O. The van der Waals surface area contributed by atoms with Crippen molar-refractivity contribution in [2.75, 3.05) is 19.5 Å². The number of hydrogen-bond donors (Lipinski definition) is 1. The molecule has 1 aromatic heterocycles. The van der Waals surface area contributed by atoms with E-state index in [4.69, 9.17) is 15.7 Å². The van der Waals surface area contributed by atoms with Gasteiger partial charge in [0.15, 0.2) is 10.9 Å². The third-order valence-electron chi connectivity index (χ3n) is 3.74. The molecule has 2 aromatic rings. The molecule has 8 heteroatoms. The molecule has 0 aliphatic heterocycles. The fourth-order valence-corrected chi connectivity index (χ4v) is 3.47. The predicted octanol–water partition coefficient (Wildman–Crippen LogP) is 2.02. The standard InChI is InChI=1S/C18H20N4O3S/c1-11(9-25-3)22-17(24)13-6-4-5-7-15(13)21-18(22)26-10-16(23)14(8-19)12(2)20/h4-7,11H,9-10,20H2,1-3H3. The summed E-state index contributed by atoms with van der Waals surface area (Å²) in [6.07, 6.45) is 0. The van der Waals surface area contributed by atoms with Crippen molar-refractivity contribution in [1.29, 1.82) is 5.26 Å². The lowest BCUT2D eigenvalue weighted by Gasteiger charge is -2.18. The Morgan fingerprint density at radius 1 is 1.46 bits per heavy atom. The van der Waals surface area contributed by atoms with Crippen LogP contribution in [0.15, 0.2) is 45.5 Å². The monoisotopic (exact) mass is 372 g/mol. The molecule has 0 aliphatic carbocycles. The zero-order valence-corrected chi connectivity index (χ0v) is 15.7. The Morgan fingerprint density at radius 2 is 2.15 bits per heavy atom. The van der Waals surface area contributed by atoms with Gasteiger partial charge < -0.3 is 10.5 Å². The van der Waals surface area contributed by atoms with E-state index in [1.165, 1.54) is 11.5 Å². The van der Waals surface area contributed by atoms with E-state index in [-0.39, 0.29) is 28.6 Å². The highest BCUT2D eigenvalue weighted by atomic mass is 32.2. The van der Waals surface area contributed by atoms with E-state index in [1.54, 1.807) is 31.4 Å². The maximum absolute atomic E-state index is 12.9. The molecule has 1 unspecified atom stereocenters. The van der Waals surface area contributed by atoms with E-state index in [0.717, 1.165) is 11.8 Å². The third-order valence-corrected chi connectivity index (χ3v) is 4.69. The predicted molar refractivity (Wildman–Crippen MR) is 101 cm³/mol. The summed E-state index contributed by atoms with van der Waals surface area (Å²) in [5.74, 6) is -0.437. The summed E-state index contributed by atoms with van der Waals surface area (Å²) in [5, 5.41) is 9.96. The van der Waals surface area contributed by atoms with Crippen molar-refractivity contribution >= 4 is 28.4 Å². The molecule has 2 rings (SSSR count). The van der Waals surface area contributed by atoms with Crippen molar-refractivity contribution in [3.05, 3.63) is 45.9 Å². The number of nitrogens with two attached hydrogens (primary N) is 1. The number of aromatic nitrogens is 2. The highest BCUT2D eigenvalue weighted by Gasteiger charge is 2.19. The van der Waals surface area contributed by atoms with Crippen LogP contribution in [0.1, 0.15) is 19.9 Å². The molecule has 0 saturated carbocycles. The summed E-state index contributed by atoms with van der Waals surface area (Å²) in [7, 11) is 1.56. The Balaban J connectivity index is 2.47. The number of methoxy groups -OCH3 is 1. The van der Waals surface area contributed by atoms with Crippen LogP contribution in [0.4, 0.5) is 0 Å². The van der Waals surface area contributed by atoms with E-state index in [9.17, 15) is 9.59 Å². The first kappa shape index (κ1) is 19.7. The van der Waals surface area contributed by atoms with Crippen LogP contribution in [0.25, 0.3) is 10.9 Å². The maximum atomic E-state index is 12.9. The Bertz CT molecular complexity index is 955. The molecule has 1 heterocycles. The number of carbonyl (C=O) groups is 1. The van der Waals surface area contributed by atoms with Crippen LogP contribution in [0.5, 0.6) is 0 Å². The zero-order valence-electron chi connectivity index (χ0n) is 14.9. The Hall–Kier alpha value is -2.63. The van der Waals surface area contributed by atoms with Crippen LogP contribution in [-0.2, 0) is 9.53 Å². The van der Waals surface area contributed by atoms with E-state index < -0.39 is 5.78 Å². The van der Waals surface area contributed by atoms with Crippen LogP contribution in [0, 0.1) is 11.3 Å². The molecule has 0 spiro atoms. The van der Waals surface area contributed by atoms with Crippen molar-refractivity contribution in [2.24, 2.45) is 5.73 Å². The van der Waals surface area contributed by atoms with Crippen molar-refractivity contribution in [1.82, 2.24) is 9.55 Å². The zero-order chi connectivity index (χ0) is 19.3. The lowest BCUT2D eigenvalue weighted by Crippen LogP contribution is -2.28. The van der Waals surface area contributed by atoms with E-state index in [0.29, 0.717) is 22.7 Å². The van der Waals surface area contributed by atoms with Crippen LogP contribution in [-0.4, -0.2) is 34.8 Å². The number of fused-ring (bicyclic) bond motifs is 1. The topological polar surface area (TPSA) is 111 Å². The number of rotatable bonds is 7. The lowest BCUT2D eigenvalue weighted by molar-refractivity contribution is -0.112. The molecule has 136 valence electrons. The summed E-state index contributed by atoms with van der Waals surface area (Å²) in [5.41, 5.74) is 6.04. The van der Waals surface area contributed by atoms with Gasteiger partial charge in [-0.1, -0.05) is 23.9 Å². The number of hydrogen-bond acceptors (Lipinski definition) is 7. The van der Waals surface area contributed by atoms with Gasteiger partial charge in [-0.3, -0.25) is 14.2 Å². The van der Waals surface area contributed by atoms with Crippen molar-refractivity contribution < 1.29 is 9.53 Å². The smallest absolute Gasteiger partial charge is 0.262 e. The van der Waals surface area contributed by atoms with Gasteiger partial charge in [-0.2, -0.15) is 5.26 Å². The highest BCUT2D eigenvalue weighted by molar-refractivity contribution is 7.99. The van der Waals surface area contributed by atoms with Gasteiger partial charge in [0.05, 0.1) is 29.3 Å². The number of carbonyl (C=O) groups excluding carboxylic acids is 1. The molecular formula is C18H20N4O3S. The average Bonchev–Trinajstić information content (AvgIpc) is 2.60. The van der Waals surface area contributed by atoms with Gasteiger partial charge in [0.2, 0.25) is 0 Å². The minimum Gasteiger partial charge on any atom is -0.401 e. The molecule has 2 N–H and O–H groups in total. The average molecular weight is 372 g/mol. The van der Waals surface area contributed by atoms with E-state index in [1.807, 2.05) is 13.0 Å². The van der Waals surface area contributed by atoms with Crippen LogP contribution < -0.4 is 11.3 Å². The second kappa shape index (κ2) is 8.65. The summed E-state index contributed by atoms with van der Waals surface area (Å²) >= 11 is 1.11. The fraction of sp³-hybridized carbons (Fsp3) is 0.333. The van der Waals surface area contributed by atoms with Gasteiger partial charge >= 0.3 is 0 Å². The second-order valence-corrected chi connectivity index (χ2v) is 6.72. The lowest BCUT2D eigenvalue weighted by atomic mass is 10.2. The quantitative estimate of drug-likeness (QED) is 0.342. The van der Waals surface area contributed by atoms with Gasteiger partial charge in [0.1, 0.15) is 11.6 Å². The number of nitrogens with zero attached hydrogens (tertiary/aromatic N) is 3. The number of allylic oxidation sites excluding steroid dienone is 2. The van der Waals surface area contributed by atoms with Crippen molar-refractivity contribution in [2.45, 2.75) is 25.0 Å². The summed E-state index contributed by atoms with van der Waals surface area (Å²) in [6, 6.07) is 8.60. The number of Topliss-reactive ketones (excluding diaryl/α,β-unsaturated/α-hetero) is 1. The molecule has 0 radical (unpaired) electrons. The van der Waals surface area contributed by atoms with Crippen molar-refractivity contribution in [3.63, 3.8) is 0 Å². The Kier molecular flexibility index (Phi) is 6.55. The molecule has 7 nitrogen and oxygen atoms in total. The molecule has 0 aliphatic rings. The normalized spacial score (nSPS) is 13.2. The van der Waals surface area contributed by atoms with Gasteiger partial charge in [-0.15, -0.1) is 0 Å². The molecule has 0 bridgehead atoms. The van der Waals surface area contributed by atoms with Crippen LogP contribution in [0.3, 0.4) is 0 Å². The molecule has 1 aromatic carbocycles. The summed E-state index contributed by atoms with van der Waals surface area (Å²) < 4.78 is 6.68. The van der Waals surface area contributed by atoms with Gasteiger partial charge in [-0.25, -0.2) is 4.98 Å². The molecule has 26 heavy (non-hydrogen) atoms. The number of benzene rings is 1. The summed E-state index contributed by atoms with van der Waals surface area (Å²) in [6.45, 7) is 3.68. The number of nitriles is 1. The minimum absolute atomic E-state index is 0.0398. The first-order valence-electron chi connectivity index (χ1n) is 7.93. The van der Waals surface area contributed by atoms with E-state index in [2.05, 4.69) is 4.98 Å². The highest BCUT2D eigenvalue weighted by Crippen LogP contribution is 2.22. The number of para-hydroxylation sites is 1. The van der Waals surface area contributed by atoms with Crippen molar-refractivity contribution in [3.8, 4) is 6.07 Å². The number of ether oxygens (including phenoxy) is 1. The van der Waals surface area contributed by atoms with Gasteiger partial charge in [0, 0.05) is 12.8 Å². The first-order chi connectivity index (χ1) is 12.4.